The molecule has 0 atom stereocenters. The Labute approximate surface area is 164 Å². The molecule has 6 heteroatoms. The molecule has 4 nitrogen and oxygen atoms in total. The van der Waals surface area contributed by atoms with E-state index in [0.29, 0.717) is 0 Å². The van der Waals surface area contributed by atoms with Gasteiger partial charge in [0.2, 0.25) is 0 Å². The fraction of sp³-hybridized carbons (Fsp3) is 0.211. The van der Waals surface area contributed by atoms with Crippen molar-refractivity contribution in [2.75, 3.05) is 0 Å². The number of hydrogen-bond donors (Lipinski definition) is 0. The number of aryl methyl sites for hydroxylation is 4. The predicted octanol–water partition coefficient (Wildman–Crippen LogP) is 4.58. The van der Waals surface area contributed by atoms with Crippen molar-refractivity contribution in [2.45, 2.75) is 27.7 Å². The van der Waals surface area contributed by atoms with Crippen LogP contribution in [0.2, 0.25) is 0 Å². The van der Waals surface area contributed by atoms with Gasteiger partial charge in [-0.1, -0.05) is 17.7 Å². The van der Waals surface area contributed by atoms with Crippen LogP contribution in [-0.2, 0) is 20.1 Å². The van der Waals surface area contributed by atoms with Gasteiger partial charge in [0.15, 0.2) is 0 Å². The number of aromatic nitrogens is 4. The van der Waals surface area contributed by atoms with Gasteiger partial charge in [-0.05, 0) is 49.0 Å². The summed E-state index contributed by atoms with van der Waals surface area (Å²) >= 11 is 1.68. The maximum atomic E-state index is 4.50. The Kier molecular flexibility index (Phi) is 4.87. The summed E-state index contributed by atoms with van der Waals surface area (Å²) in [5.74, 6) is 0.804. The Balaban J connectivity index is 0.00000182. The molecule has 0 aliphatic rings. The predicted molar refractivity (Wildman–Crippen MR) is 97.8 cm³/mol. The van der Waals surface area contributed by atoms with E-state index < -0.39 is 0 Å². The van der Waals surface area contributed by atoms with Crippen molar-refractivity contribution in [2.24, 2.45) is 0 Å². The van der Waals surface area contributed by atoms with Gasteiger partial charge in [0.05, 0.1) is 16.5 Å². The van der Waals surface area contributed by atoms with Crippen molar-refractivity contribution >= 4 is 21.6 Å². The van der Waals surface area contributed by atoms with Crippen LogP contribution in [0.4, 0.5) is 0 Å². The Morgan fingerprint density at radius 3 is 2.48 bits per heavy atom. The zero-order valence-electron chi connectivity index (χ0n) is 14.4. The summed E-state index contributed by atoms with van der Waals surface area (Å²) in [6, 6.07) is 11.7. The normalized spacial score (nSPS) is 10.9. The summed E-state index contributed by atoms with van der Waals surface area (Å²) in [5.41, 5.74) is 6.63. The molecule has 0 fully saturated rings. The summed E-state index contributed by atoms with van der Waals surface area (Å²) in [5, 5.41) is 5.53. The van der Waals surface area contributed by atoms with E-state index in [1.807, 2.05) is 17.7 Å². The molecule has 4 rings (SSSR count). The molecule has 1 radical (unpaired) electrons. The first-order chi connectivity index (χ1) is 11.5. The Bertz CT molecular complexity index is 1040. The minimum absolute atomic E-state index is 0. The van der Waals surface area contributed by atoms with Gasteiger partial charge in [-0.3, -0.25) is 14.6 Å². The van der Waals surface area contributed by atoms with Crippen LogP contribution in [0.15, 0.2) is 30.6 Å². The average molecular weight is 526 g/mol. The Morgan fingerprint density at radius 1 is 1.04 bits per heavy atom. The molecule has 25 heavy (non-hydrogen) atoms. The molecule has 0 bridgehead atoms. The van der Waals surface area contributed by atoms with Crippen molar-refractivity contribution in [3.8, 4) is 17.1 Å². The molecule has 4 aromatic rings. The van der Waals surface area contributed by atoms with Crippen LogP contribution < -0.4 is 0 Å². The van der Waals surface area contributed by atoms with E-state index in [-0.39, 0.29) is 20.1 Å². The first-order valence-electron chi connectivity index (χ1n) is 7.80. The first kappa shape index (κ1) is 17.9. The number of rotatable bonds is 2. The van der Waals surface area contributed by atoms with Crippen LogP contribution in [0, 0.1) is 33.8 Å². The van der Waals surface area contributed by atoms with Crippen molar-refractivity contribution in [1.82, 2.24) is 19.7 Å². The van der Waals surface area contributed by atoms with E-state index in [2.05, 4.69) is 60.1 Å². The van der Waals surface area contributed by atoms with Crippen LogP contribution in [0.3, 0.4) is 0 Å². The number of fused-ring (bicyclic) bond motifs is 1. The van der Waals surface area contributed by atoms with Crippen molar-refractivity contribution in [3.05, 3.63) is 58.4 Å². The second-order valence-corrected chi connectivity index (χ2v) is 7.31. The molecule has 2 heterocycles. The van der Waals surface area contributed by atoms with Gasteiger partial charge in [0.25, 0.3) is 0 Å². The first-order valence-corrected chi connectivity index (χ1v) is 8.62. The second kappa shape index (κ2) is 6.79. The molecule has 2 aromatic heterocycles. The molecule has 2 aromatic carbocycles. The Hall–Kier alpha value is -1.88. The maximum Gasteiger partial charge on any atom is 0.127 e. The molecule has 0 aliphatic carbocycles. The molecule has 0 amide bonds. The maximum absolute atomic E-state index is 4.50. The fourth-order valence-electron chi connectivity index (χ4n) is 3.21. The number of thiazole rings is 1. The average Bonchev–Trinajstić information content (AvgIpc) is 3.10. The number of benzene rings is 2. The van der Waals surface area contributed by atoms with Crippen LogP contribution in [0.1, 0.15) is 21.7 Å². The monoisotopic (exact) mass is 526 g/mol. The smallest absolute Gasteiger partial charge is 0.127 e. The summed E-state index contributed by atoms with van der Waals surface area (Å²) in [4.78, 5) is 8.98. The van der Waals surface area contributed by atoms with E-state index in [1.54, 1.807) is 17.7 Å². The molecule has 0 aliphatic heterocycles. The van der Waals surface area contributed by atoms with Gasteiger partial charge < -0.3 is 0 Å². The molecule has 0 N–H and O–H groups in total. The molecular formula is C19H17IrN4S-. The SMILES string of the molecule is Cc1cc(C)c(-n2ncnc2-c2[c-]cc3nc(C)sc3c2)c(C)c1.[Ir]. The van der Waals surface area contributed by atoms with Crippen molar-refractivity contribution in [3.63, 3.8) is 0 Å². The zero-order valence-corrected chi connectivity index (χ0v) is 17.6. The number of nitrogens with zero attached hydrogens (tertiary/aromatic N) is 4. The van der Waals surface area contributed by atoms with E-state index in [4.69, 9.17) is 0 Å². The third kappa shape index (κ3) is 3.17. The van der Waals surface area contributed by atoms with E-state index >= 15 is 0 Å². The van der Waals surface area contributed by atoms with Crippen LogP contribution >= 0.6 is 11.3 Å². The fourth-order valence-corrected chi connectivity index (χ4v) is 4.06. The molecule has 0 unspecified atom stereocenters. The largest absolute Gasteiger partial charge is 0.290 e. The van der Waals surface area contributed by atoms with Crippen LogP contribution in [-0.4, -0.2) is 19.7 Å². The minimum Gasteiger partial charge on any atom is -0.290 e. The van der Waals surface area contributed by atoms with E-state index in [0.717, 1.165) is 32.3 Å². The van der Waals surface area contributed by atoms with E-state index in [1.165, 1.54) is 16.7 Å². The standard InChI is InChI=1S/C19H17N4S.Ir/c1-11-7-12(2)18(13(3)8-11)23-19(20-10-21-23)15-5-6-16-17(9-15)24-14(4)22-16;/h6-10H,1-4H3;/q-1;. The summed E-state index contributed by atoms with van der Waals surface area (Å²) in [7, 11) is 0. The summed E-state index contributed by atoms with van der Waals surface area (Å²) in [6.45, 7) is 8.35. The summed E-state index contributed by atoms with van der Waals surface area (Å²) < 4.78 is 3.06. The van der Waals surface area contributed by atoms with E-state index in [9.17, 15) is 0 Å². The quantitative estimate of drug-likeness (QED) is 0.360. The minimum atomic E-state index is 0. The number of hydrogen-bond acceptors (Lipinski definition) is 4. The van der Waals surface area contributed by atoms with Gasteiger partial charge in [0.1, 0.15) is 6.33 Å². The second-order valence-electron chi connectivity index (χ2n) is 6.07. The van der Waals surface area contributed by atoms with Crippen molar-refractivity contribution < 1.29 is 20.1 Å². The van der Waals surface area contributed by atoms with Gasteiger partial charge in [-0.25, -0.2) is 0 Å². The molecule has 0 spiro atoms. The van der Waals surface area contributed by atoms with Gasteiger partial charge in [0, 0.05) is 20.1 Å². The molecule has 0 saturated heterocycles. The molecular weight excluding hydrogens is 509 g/mol. The van der Waals surface area contributed by atoms with Gasteiger partial charge >= 0.3 is 0 Å². The molecule has 0 saturated carbocycles. The topological polar surface area (TPSA) is 43.6 Å². The molecule has 129 valence electrons. The van der Waals surface area contributed by atoms with Crippen LogP contribution in [0.25, 0.3) is 27.3 Å². The zero-order chi connectivity index (χ0) is 16.8. The van der Waals surface area contributed by atoms with Gasteiger partial charge in [-0.15, -0.1) is 35.1 Å². The van der Waals surface area contributed by atoms with Crippen LogP contribution in [0.5, 0.6) is 0 Å². The third-order valence-corrected chi connectivity index (χ3v) is 5.00. The van der Waals surface area contributed by atoms with Crippen molar-refractivity contribution in [1.29, 1.82) is 0 Å². The Morgan fingerprint density at radius 2 is 1.76 bits per heavy atom. The summed E-state index contributed by atoms with van der Waals surface area (Å²) in [6.07, 6.45) is 1.60. The third-order valence-electron chi connectivity index (χ3n) is 4.06. The van der Waals surface area contributed by atoms with Gasteiger partial charge in [-0.2, -0.15) is 5.10 Å².